The number of rotatable bonds is 8. The molecule has 0 spiro atoms. The highest BCUT2D eigenvalue weighted by Gasteiger charge is 2.21. The highest BCUT2D eigenvalue weighted by atomic mass is 32.2. The Morgan fingerprint density at radius 3 is 2.34 bits per heavy atom. The molecule has 0 bridgehead atoms. The summed E-state index contributed by atoms with van der Waals surface area (Å²) in [5.74, 6) is -0.810. The van der Waals surface area contributed by atoms with Crippen LogP contribution in [0.5, 0.6) is 0 Å². The maximum Gasteiger partial charge on any atom is 0.335 e. The van der Waals surface area contributed by atoms with Gasteiger partial charge in [0.1, 0.15) is 0 Å². The van der Waals surface area contributed by atoms with Crippen LogP contribution in [0.15, 0.2) is 71.1 Å². The van der Waals surface area contributed by atoms with Crippen molar-refractivity contribution in [1.29, 1.82) is 0 Å². The van der Waals surface area contributed by atoms with Gasteiger partial charge in [-0.2, -0.15) is 0 Å². The first kappa shape index (κ1) is 25.9. The van der Waals surface area contributed by atoms with Crippen LogP contribution in [0.2, 0.25) is 0 Å². The molecule has 194 valence electrons. The Morgan fingerprint density at radius 2 is 1.63 bits per heavy atom. The minimum atomic E-state index is -0.940. The average Bonchev–Trinajstić information content (AvgIpc) is 3.35. The van der Waals surface area contributed by atoms with Gasteiger partial charge in [0.25, 0.3) is 11.8 Å². The number of hydrogen-bond acceptors (Lipinski definition) is 6. The van der Waals surface area contributed by atoms with Crippen LogP contribution < -0.4 is 10.6 Å². The number of thioether (sulfide) groups is 1. The Balaban J connectivity index is 1.25. The minimum absolute atomic E-state index is 0.164. The molecule has 4 aromatic rings. The van der Waals surface area contributed by atoms with Crippen LogP contribution in [0.3, 0.4) is 0 Å². The van der Waals surface area contributed by atoms with Crippen molar-refractivity contribution in [2.45, 2.75) is 48.2 Å². The lowest BCUT2D eigenvalue weighted by molar-refractivity contribution is 0.0696. The van der Waals surface area contributed by atoms with Gasteiger partial charge in [0, 0.05) is 17.5 Å². The topological polar surface area (TPSA) is 108 Å². The molecule has 0 saturated heterocycles. The molecular formula is C29H27N3O4S2. The molecule has 9 heteroatoms. The van der Waals surface area contributed by atoms with Crippen molar-refractivity contribution in [3.05, 3.63) is 89.0 Å². The van der Waals surface area contributed by atoms with E-state index in [1.165, 1.54) is 17.8 Å². The van der Waals surface area contributed by atoms with Gasteiger partial charge in [0.15, 0.2) is 4.34 Å². The Bertz CT molecular complexity index is 1480. The molecule has 7 nitrogen and oxygen atoms in total. The smallest absolute Gasteiger partial charge is 0.335 e. The zero-order valence-corrected chi connectivity index (χ0v) is 22.2. The number of nitrogens with zero attached hydrogens (tertiary/aromatic N) is 1. The van der Waals surface area contributed by atoms with E-state index >= 15 is 0 Å². The van der Waals surface area contributed by atoms with Gasteiger partial charge in [-0.3, -0.25) is 9.59 Å². The Kier molecular flexibility index (Phi) is 8.05. The van der Waals surface area contributed by atoms with Gasteiger partial charge in [-0.1, -0.05) is 55.3 Å². The lowest BCUT2D eigenvalue weighted by Gasteiger charge is -2.23. The number of carboxylic acid groups (broad SMARTS) is 1. The second-order valence-corrected chi connectivity index (χ2v) is 11.5. The number of fused-ring (bicyclic) bond motifs is 1. The van der Waals surface area contributed by atoms with E-state index in [0.717, 1.165) is 45.8 Å². The number of hydrogen-bond donors (Lipinski definition) is 3. The molecule has 1 aliphatic carbocycles. The van der Waals surface area contributed by atoms with E-state index in [1.807, 2.05) is 30.3 Å². The SMILES string of the molecule is O=C(O)c1ccc(CSc2nc3ccc(NC(=O)c4ccccc4C(=O)NC4CCCCC4)cc3s2)cc1. The number of benzene rings is 3. The average molecular weight is 546 g/mol. The first-order valence-corrected chi connectivity index (χ1v) is 14.3. The van der Waals surface area contributed by atoms with Crippen LogP contribution >= 0.6 is 23.1 Å². The predicted molar refractivity (Wildman–Crippen MR) is 151 cm³/mol. The van der Waals surface area contributed by atoms with E-state index in [2.05, 4.69) is 15.6 Å². The predicted octanol–water partition coefficient (Wildman–Crippen LogP) is 6.60. The van der Waals surface area contributed by atoms with Crippen molar-refractivity contribution < 1.29 is 19.5 Å². The molecule has 1 heterocycles. The summed E-state index contributed by atoms with van der Waals surface area (Å²) in [6.45, 7) is 0. The maximum atomic E-state index is 13.2. The number of carboxylic acids is 1. The third-order valence-corrected chi connectivity index (χ3v) is 8.78. The summed E-state index contributed by atoms with van der Waals surface area (Å²) < 4.78 is 1.82. The number of aromatic nitrogens is 1. The van der Waals surface area contributed by atoms with Crippen LogP contribution in [0.4, 0.5) is 5.69 Å². The second-order valence-electron chi connectivity index (χ2n) is 9.26. The van der Waals surface area contributed by atoms with Crippen molar-refractivity contribution in [3.63, 3.8) is 0 Å². The fraction of sp³-hybridized carbons (Fsp3) is 0.241. The summed E-state index contributed by atoms with van der Waals surface area (Å²) in [7, 11) is 0. The number of thiazole rings is 1. The first-order valence-electron chi connectivity index (χ1n) is 12.5. The maximum absolute atomic E-state index is 13.2. The number of carbonyl (C=O) groups excluding carboxylic acids is 2. The zero-order valence-electron chi connectivity index (χ0n) is 20.6. The standard InChI is InChI=1S/C29H27N3O4S2/c33-26(30-20-6-2-1-3-7-20)22-8-4-5-9-23(22)27(34)31-21-14-15-24-25(16-21)38-29(32-24)37-17-18-10-12-19(13-11-18)28(35)36/h4-5,8-16,20H,1-3,6-7,17H2,(H,30,33)(H,31,34)(H,35,36). The lowest BCUT2D eigenvalue weighted by atomic mass is 9.95. The quantitative estimate of drug-likeness (QED) is 0.215. The fourth-order valence-corrected chi connectivity index (χ4v) is 6.58. The minimum Gasteiger partial charge on any atom is -0.478 e. The lowest BCUT2D eigenvalue weighted by Crippen LogP contribution is -2.37. The summed E-state index contributed by atoms with van der Waals surface area (Å²) >= 11 is 3.11. The Labute approximate surface area is 228 Å². The summed E-state index contributed by atoms with van der Waals surface area (Å²) in [6.07, 6.45) is 5.40. The van der Waals surface area contributed by atoms with Gasteiger partial charge in [0.05, 0.1) is 26.9 Å². The number of carbonyl (C=O) groups is 3. The summed E-state index contributed by atoms with van der Waals surface area (Å²) in [4.78, 5) is 41.8. The van der Waals surface area contributed by atoms with E-state index in [9.17, 15) is 14.4 Å². The van der Waals surface area contributed by atoms with Crippen molar-refractivity contribution in [3.8, 4) is 0 Å². The number of amides is 2. The van der Waals surface area contributed by atoms with E-state index in [1.54, 1.807) is 48.2 Å². The van der Waals surface area contributed by atoms with Gasteiger partial charge in [-0.25, -0.2) is 9.78 Å². The normalized spacial score (nSPS) is 13.8. The van der Waals surface area contributed by atoms with Crippen molar-refractivity contribution in [2.75, 3.05) is 5.32 Å². The number of nitrogens with one attached hydrogen (secondary N) is 2. The highest BCUT2D eigenvalue weighted by Crippen LogP contribution is 2.33. The summed E-state index contributed by atoms with van der Waals surface area (Å²) in [5, 5.41) is 15.1. The second kappa shape index (κ2) is 11.8. The fourth-order valence-electron chi connectivity index (χ4n) is 4.52. The van der Waals surface area contributed by atoms with Gasteiger partial charge in [0.2, 0.25) is 0 Å². The van der Waals surface area contributed by atoms with Crippen molar-refractivity contribution >= 4 is 56.8 Å². The van der Waals surface area contributed by atoms with Crippen LogP contribution in [-0.2, 0) is 5.75 Å². The molecule has 38 heavy (non-hydrogen) atoms. The summed E-state index contributed by atoms with van der Waals surface area (Å²) in [6, 6.07) is 19.5. The number of anilines is 1. The van der Waals surface area contributed by atoms with Crippen molar-refractivity contribution in [2.24, 2.45) is 0 Å². The molecule has 1 aromatic heterocycles. The molecule has 1 fully saturated rings. The van der Waals surface area contributed by atoms with Crippen LogP contribution in [0.25, 0.3) is 10.2 Å². The monoisotopic (exact) mass is 545 g/mol. The Hall–Kier alpha value is -3.69. The molecule has 5 rings (SSSR count). The highest BCUT2D eigenvalue weighted by molar-refractivity contribution is 8.00. The van der Waals surface area contributed by atoms with E-state index in [-0.39, 0.29) is 23.4 Å². The molecular weight excluding hydrogens is 518 g/mol. The van der Waals surface area contributed by atoms with E-state index in [4.69, 9.17) is 5.11 Å². The van der Waals surface area contributed by atoms with Gasteiger partial charge in [-0.15, -0.1) is 11.3 Å². The molecule has 0 aliphatic heterocycles. The van der Waals surface area contributed by atoms with E-state index in [0.29, 0.717) is 22.6 Å². The molecule has 1 saturated carbocycles. The van der Waals surface area contributed by atoms with Crippen LogP contribution in [-0.4, -0.2) is 33.9 Å². The molecule has 2 amide bonds. The van der Waals surface area contributed by atoms with Crippen LogP contribution in [0.1, 0.15) is 68.7 Å². The van der Waals surface area contributed by atoms with Crippen molar-refractivity contribution in [1.82, 2.24) is 10.3 Å². The molecule has 1 aliphatic rings. The molecule has 0 unspecified atom stereocenters. The first-order chi connectivity index (χ1) is 18.5. The van der Waals surface area contributed by atoms with Gasteiger partial charge >= 0.3 is 5.97 Å². The number of aromatic carboxylic acids is 1. The largest absolute Gasteiger partial charge is 0.478 e. The molecule has 3 aromatic carbocycles. The molecule has 0 radical (unpaired) electrons. The van der Waals surface area contributed by atoms with Gasteiger partial charge < -0.3 is 15.7 Å². The third-order valence-electron chi connectivity index (χ3n) is 6.55. The third kappa shape index (κ3) is 6.23. The van der Waals surface area contributed by atoms with E-state index < -0.39 is 5.97 Å². The molecule has 0 atom stereocenters. The van der Waals surface area contributed by atoms with Gasteiger partial charge in [-0.05, 0) is 60.9 Å². The molecule has 3 N–H and O–H groups in total. The Morgan fingerprint density at radius 1 is 0.921 bits per heavy atom. The van der Waals surface area contributed by atoms with Crippen LogP contribution in [0, 0.1) is 0 Å². The summed E-state index contributed by atoms with van der Waals surface area (Å²) in [5.41, 5.74) is 3.47. The zero-order chi connectivity index (χ0) is 26.5.